The summed E-state index contributed by atoms with van der Waals surface area (Å²) in [5.74, 6) is 1.31. The first-order chi connectivity index (χ1) is 8.76. The van der Waals surface area contributed by atoms with Gasteiger partial charge in [-0.3, -0.25) is 0 Å². The molecule has 1 N–H and O–H groups in total. The molecule has 0 saturated heterocycles. The van der Waals surface area contributed by atoms with Crippen molar-refractivity contribution in [3.05, 3.63) is 35.7 Å². The van der Waals surface area contributed by atoms with E-state index in [9.17, 15) is 0 Å². The fourth-order valence-corrected chi connectivity index (χ4v) is 1.60. The van der Waals surface area contributed by atoms with E-state index in [0.717, 1.165) is 5.69 Å². The van der Waals surface area contributed by atoms with E-state index in [1.165, 1.54) is 0 Å². The molecular formula is C12H15N3O3. The topological polar surface area (TPSA) is 69.4 Å². The molecule has 0 aliphatic heterocycles. The molecule has 2 rings (SSSR count). The molecule has 0 spiro atoms. The zero-order valence-electron chi connectivity index (χ0n) is 10.3. The number of methoxy groups -OCH3 is 1. The first-order valence-electron chi connectivity index (χ1n) is 5.50. The molecule has 0 amide bonds. The average Bonchev–Trinajstić information content (AvgIpc) is 2.77. The Labute approximate surface area is 105 Å². The van der Waals surface area contributed by atoms with E-state index in [0.29, 0.717) is 17.2 Å². The van der Waals surface area contributed by atoms with Crippen LogP contribution in [0.4, 0.5) is 0 Å². The lowest BCUT2D eigenvalue weighted by molar-refractivity contribution is 0.256. The molecule has 18 heavy (non-hydrogen) atoms. The second-order valence-corrected chi connectivity index (χ2v) is 3.70. The number of aliphatic hydroxyl groups is 1. The molecule has 6 heteroatoms. The first kappa shape index (κ1) is 12.4. The van der Waals surface area contributed by atoms with Gasteiger partial charge in [0.15, 0.2) is 11.5 Å². The fourth-order valence-electron chi connectivity index (χ4n) is 1.60. The van der Waals surface area contributed by atoms with Crippen LogP contribution < -0.4 is 9.47 Å². The third-order valence-electron chi connectivity index (χ3n) is 2.61. The van der Waals surface area contributed by atoms with Gasteiger partial charge in [-0.15, -0.1) is 5.10 Å². The van der Waals surface area contributed by atoms with Gasteiger partial charge in [0.1, 0.15) is 18.0 Å². The number of hydrogen-bond acceptors (Lipinski definition) is 5. The highest BCUT2D eigenvalue weighted by atomic mass is 16.5. The number of aromatic nitrogens is 3. The Balaban J connectivity index is 2.13. The maximum absolute atomic E-state index is 9.13. The highest BCUT2D eigenvalue weighted by Gasteiger charge is 2.11. The van der Waals surface area contributed by atoms with Crippen LogP contribution in [0.3, 0.4) is 0 Å². The summed E-state index contributed by atoms with van der Waals surface area (Å²) in [5, 5.41) is 16.8. The van der Waals surface area contributed by atoms with Crippen molar-refractivity contribution in [1.29, 1.82) is 0 Å². The van der Waals surface area contributed by atoms with Gasteiger partial charge in [0.05, 0.1) is 13.7 Å². The second-order valence-electron chi connectivity index (χ2n) is 3.70. The molecule has 96 valence electrons. The number of nitrogens with zero attached hydrogens (tertiary/aromatic N) is 3. The Bertz CT molecular complexity index is 525. The van der Waals surface area contributed by atoms with Crippen molar-refractivity contribution in [2.45, 2.75) is 13.2 Å². The Morgan fingerprint density at radius 2 is 2.00 bits per heavy atom. The van der Waals surface area contributed by atoms with Crippen molar-refractivity contribution in [2.75, 3.05) is 7.11 Å². The van der Waals surface area contributed by atoms with Crippen molar-refractivity contribution in [3.8, 4) is 11.5 Å². The van der Waals surface area contributed by atoms with Gasteiger partial charge in [0.25, 0.3) is 0 Å². The molecule has 1 heterocycles. The van der Waals surface area contributed by atoms with Gasteiger partial charge in [-0.05, 0) is 12.1 Å². The molecule has 1 aromatic carbocycles. The number of ether oxygens (including phenoxy) is 2. The molecule has 0 aliphatic carbocycles. The van der Waals surface area contributed by atoms with Crippen LogP contribution in [0, 0.1) is 0 Å². The Morgan fingerprint density at radius 1 is 1.28 bits per heavy atom. The van der Waals surface area contributed by atoms with Crippen LogP contribution in [0.2, 0.25) is 0 Å². The summed E-state index contributed by atoms with van der Waals surface area (Å²) in [6.07, 6.45) is 0. The van der Waals surface area contributed by atoms with Crippen LogP contribution in [0.1, 0.15) is 11.4 Å². The van der Waals surface area contributed by atoms with Crippen molar-refractivity contribution >= 4 is 0 Å². The van der Waals surface area contributed by atoms with Crippen LogP contribution in [-0.4, -0.2) is 27.2 Å². The minimum atomic E-state index is -0.154. The van der Waals surface area contributed by atoms with Crippen LogP contribution in [-0.2, 0) is 20.3 Å². The number of aryl methyl sites for hydroxylation is 1. The van der Waals surface area contributed by atoms with Gasteiger partial charge in [0, 0.05) is 7.05 Å². The molecule has 0 bridgehead atoms. The van der Waals surface area contributed by atoms with E-state index < -0.39 is 0 Å². The number of rotatable bonds is 5. The predicted octanol–water partition coefficient (Wildman–Crippen LogP) is 0.895. The molecule has 0 saturated carbocycles. The zero-order valence-corrected chi connectivity index (χ0v) is 10.3. The second kappa shape index (κ2) is 5.50. The van der Waals surface area contributed by atoms with Crippen molar-refractivity contribution in [1.82, 2.24) is 15.0 Å². The Hall–Kier alpha value is -2.08. The minimum Gasteiger partial charge on any atom is -0.493 e. The summed E-state index contributed by atoms with van der Waals surface area (Å²) < 4.78 is 12.4. The SMILES string of the molecule is COc1ccccc1OCc1c(CO)nnn1C. The van der Waals surface area contributed by atoms with Gasteiger partial charge >= 0.3 is 0 Å². The van der Waals surface area contributed by atoms with E-state index in [-0.39, 0.29) is 13.2 Å². The molecule has 1 aromatic heterocycles. The quantitative estimate of drug-likeness (QED) is 0.852. The van der Waals surface area contributed by atoms with E-state index in [4.69, 9.17) is 14.6 Å². The van der Waals surface area contributed by atoms with Crippen LogP contribution >= 0.6 is 0 Å². The largest absolute Gasteiger partial charge is 0.493 e. The third kappa shape index (κ3) is 2.43. The summed E-state index contributed by atoms with van der Waals surface area (Å²) in [5.41, 5.74) is 1.26. The molecule has 0 radical (unpaired) electrons. The highest BCUT2D eigenvalue weighted by molar-refractivity contribution is 5.39. The lowest BCUT2D eigenvalue weighted by atomic mass is 10.3. The maximum atomic E-state index is 9.13. The number of hydrogen-bond donors (Lipinski definition) is 1. The molecular weight excluding hydrogens is 234 g/mol. The Morgan fingerprint density at radius 3 is 2.67 bits per heavy atom. The van der Waals surface area contributed by atoms with E-state index in [1.54, 1.807) is 18.8 Å². The van der Waals surface area contributed by atoms with Gasteiger partial charge < -0.3 is 14.6 Å². The van der Waals surface area contributed by atoms with Crippen molar-refractivity contribution in [2.24, 2.45) is 7.05 Å². The summed E-state index contributed by atoms with van der Waals surface area (Å²) in [6, 6.07) is 7.38. The van der Waals surface area contributed by atoms with E-state index in [2.05, 4.69) is 10.3 Å². The first-order valence-corrected chi connectivity index (χ1v) is 5.50. The monoisotopic (exact) mass is 249 g/mol. The molecule has 2 aromatic rings. The van der Waals surface area contributed by atoms with Gasteiger partial charge in [0.2, 0.25) is 0 Å². The standard InChI is InChI=1S/C12H15N3O3/c1-15-10(9(7-16)13-14-15)8-18-12-6-4-3-5-11(12)17-2/h3-6,16H,7-8H2,1-2H3. The normalized spacial score (nSPS) is 10.4. The van der Waals surface area contributed by atoms with Gasteiger partial charge in [-0.25, -0.2) is 4.68 Å². The number of aliphatic hydroxyl groups excluding tert-OH is 1. The van der Waals surface area contributed by atoms with Gasteiger partial charge in [-0.1, -0.05) is 17.3 Å². The fraction of sp³-hybridized carbons (Fsp3) is 0.333. The number of benzene rings is 1. The summed E-state index contributed by atoms with van der Waals surface area (Å²) in [7, 11) is 3.35. The third-order valence-corrected chi connectivity index (χ3v) is 2.61. The van der Waals surface area contributed by atoms with Crippen molar-refractivity contribution in [3.63, 3.8) is 0 Å². The predicted molar refractivity (Wildman–Crippen MR) is 64.3 cm³/mol. The minimum absolute atomic E-state index is 0.154. The summed E-state index contributed by atoms with van der Waals surface area (Å²) in [6.45, 7) is 0.123. The summed E-state index contributed by atoms with van der Waals surface area (Å²) >= 11 is 0. The van der Waals surface area contributed by atoms with Crippen LogP contribution in [0.25, 0.3) is 0 Å². The summed E-state index contributed by atoms with van der Waals surface area (Å²) in [4.78, 5) is 0. The Kier molecular flexibility index (Phi) is 3.78. The molecule has 0 unspecified atom stereocenters. The average molecular weight is 249 g/mol. The van der Waals surface area contributed by atoms with E-state index >= 15 is 0 Å². The highest BCUT2D eigenvalue weighted by Crippen LogP contribution is 2.26. The van der Waals surface area contributed by atoms with Crippen LogP contribution in [0.15, 0.2) is 24.3 Å². The van der Waals surface area contributed by atoms with Crippen molar-refractivity contribution < 1.29 is 14.6 Å². The molecule has 0 fully saturated rings. The van der Waals surface area contributed by atoms with E-state index in [1.807, 2.05) is 24.3 Å². The molecule has 0 aliphatic rings. The number of para-hydroxylation sites is 2. The van der Waals surface area contributed by atoms with Crippen LogP contribution in [0.5, 0.6) is 11.5 Å². The molecule has 6 nitrogen and oxygen atoms in total. The maximum Gasteiger partial charge on any atom is 0.161 e. The van der Waals surface area contributed by atoms with Gasteiger partial charge in [-0.2, -0.15) is 0 Å². The smallest absolute Gasteiger partial charge is 0.161 e. The molecule has 0 atom stereocenters. The zero-order chi connectivity index (χ0) is 13.0. The lowest BCUT2D eigenvalue weighted by Gasteiger charge is -2.10. The lowest BCUT2D eigenvalue weighted by Crippen LogP contribution is -2.06.